The molecule has 2 fully saturated rings. The Morgan fingerprint density at radius 1 is 1.00 bits per heavy atom. The third-order valence-corrected chi connectivity index (χ3v) is 3.84. The van der Waals surface area contributed by atoms with Crippen molar-refractivity contribution in [3.05, 3.63) is 0 Å². The minimum absolute atomic E-state index is 0.482. The minimum Gasteiger partial charge on any atom is -0.327 e. The van der Waals surface area contributed by atoms with Crippen LogP contribution in [0.4, 0.5) is 0 Å². The highest BCUT2D eigenvalue weighted by atomic mass is 14.9. The lowest BCUT2D eigenvalue weighted by Crippen LogP contribution is -2.39. The van der Waals surface area contributed by atoms with Crippen LogP contribution >= 0.6 is 0 Å². The fraction of sp³-hybridized carbons (Fsp3) is 1.00. The topological polar surface area (TPSA) is 38.0 Å². The van der Waals surface area contributed by atoms with Crippen LogP contribution in [-0.4, -0.2) is 19.1 Å². The van der Waals surface area contributed by atoms with Crippen molar-refractivity contribution >= 4 is 0 Å². The van der Waals surface area contributed by atoms with Gasteiger partial charge in [0.25, 0.3) is 0 Å². The highest BCUT2D eigenvalue weighted by Crippen LogP contribution is 2.30. The van der Waals surface area contributed by atoms with E-state index in [1.54, 1.807) is 0 Å². The van der Waals surface area contributed by atoms with Gasteiger partial charge >= 0.3 is 0 Å². The first kappa shape index (κ1) is 9.47. The normalized spacial score (nSPS) is 33.5. The molecular weight excluding hydrogens is 160 g/mol. The van der Waals surface area contributed by atoms with E-state index in [4.69, 9.17) is 5.73 Å². The van der Waals surface area contributed by atoms with Gasteiger partial charge in [-0.05, 0) is 44.2 Å². The predicted octanol–water partition coefficient (Wildman–Crippen LogP) is 1.50. The van der Waals surface area contributed by atoms with Gasteiger partial charge in [-0.3, -0.25) is 0 Å². The van der Waals surface area contributed by atoms with Crippen LogP contribution < -0.4 is 11.1 Å². The van der Waals surface area contributed by atoms with E-state index in [9.17, 15) is 0 Å². The second kappa shape index (κ2) is 4.43. The Hall–Kier alpha value is -0.0800. The molecule has 1 heterocycles. The number of rotatable bonds is 2. The van der Waals surface area contributed by atoms with Crippen molar-refractivity contribution in [3.63, 3.8) is 0 Å². The molecule has 3 N–H and O–H groups in total. The lowest BCUT2D eigenvalue weighted by Gasteiger charge is -2.31. The Morgan fingerprint density at radius 3 is 2.38 bits per heavy atom. The summed E-state index contributed by atoms with van der Waals surface area (Å²) in [6.07, 6.45) is 8.34. The number of nitrogens with one attached hydrogen (secondary N) is 1. The Bertz CT molecular complexity index is 146. The quantitative estimate of drug-likeness (QED) is 0.679. The molecule has 2 nitrogen and oxygen atoms in total. The number of hydrogen-bond donors (Lipinski definition) is 2. The molecule has 0 aromatic rings. The molecule has 0 radical (unpaired) electrons. The van der Waals surface area contributed by atoms with E-state index < -0.39 is 0 Å². The van der Waals surface area contributed by atoms with Crippen LogP contribution in [0.15, 0.2) is 0 Å². The number of nitrogens with two attached hydrogens (primary N) is 1. The molecule has 13 heavy (non-hydrogen) atoms. The summed E-state index contributed by atoms with van der Waals surface area (Å²) in [7, 11) is 0. The van der Waals surface area contributed by atoms with E-state index in [1.165, 1.54) is 45.1 Å². The summed E-state index contributed by atoms with van der Waals surface area (Å²) in [5.74, 6) is 1.60. The maximum absolute atomic E-state index is 6.31. The molecule has 76 valence electrons. The van der Waals surface area contributed by atoms with Gasteiger partial charge in [-0.25, -0.2) is 0 Å². The Kier molecular flexibility index (Phi) is 3.23. The van der Waals surface area contributed by atoms with Crippen molar-refractivity contribution < 1.29 is 0 Å². The van der Waals surface area contributed by atoms with Gasteiger partial charge < -0.3 is 11.1 Å². The highest BCUT2D eigenvalue weighted by molar-refractivity contribution is 4.86. The van der Waals surface area contributed by atoms with E-state index >= 15 is 0 Å². The van der Waals surface area contributed by atoms with E-state index in [-0.39, 0.29) is 0 Å². The molecule has 1 aliphatic carbocycles. The van der Waals surface area contributed by atoms with Crippen LogP contribution in [0.3, 0.4) is 0 Å². The third-order valence-electron chi connectivity index (χ3n) is 3.84. The average molecular weight is 182 g/mol. The minimum atomic E-state index is 0.482. The Balaban J connectivity index is 1.83. The van der Waals surface area contributed by atoms with E-state index in [2.05, 4.69) is 5.32 Å². The summed E-state index contributed by atoms with van der Waals surface area (Å²) in [6.45, 7) is 2.35. The molecule has 2 unspecified atom stereocenters. The van der Waals surface area contributed by atoms with Crippen molar-refractivity contribution in [1.82, 2.24) is 5.32 Å². The third kappa shape index (κ3) is 2.23. The fourth-order valence-electron chi connectivity index (χ4n) is 2.91. The highest BCUT2D eigenvalue weighted by Gasteiger charge is 2.29. The summed E-state index contributed by atoms with van der Waals surface area (Å²) in [5, 5.41) is 3.41. The summed E-state index contributed by atoms with van der Waals surface area (Å²) in [5.41, 5.74) is 6.31. The predicted molar refractivity (Wildman–Crippen MR) is 55.5 cm³/mol. The molecule has 2 aliphatic rings. The second-order valence-corrected chi connectivity index (χ2v) is 4.73. The number of hydrogen-bond acceptors (Lipinski definition) is 2. The zero-order chi connectivity index (χ0) is 9.10. The zero-order valence-corrected chi connectivity index (χ0v) is 8.47. The summed E-state index contributed by atoms with van der Waals surface area (Å²) in [4.78, 5) is 0. The molecule has 2 heteroatoms. The zero-order valence-electron chi connectivity index (χ0n) is 8.47. The van der Waals surface area contributed by atoms with Gasteiger partial charge in [0.1, 0.15) is 0 Å². The average Bonchev–Trinajstić information content (AvgIpc) is 2.71. The lowest BCUT2D eigenvalue weighted by molar-refractivity contribution is 0.252. The van der Waals surface area contributed by atoms with Gasteiger partial charge in [0, 0.05) is 6.04 Å². The van der Waals surface area contributed by atoms with Crippen molar-refractivity contribution in [1.29, 1.82) is 0 Å². The van der Waals surface area contributed by atoms with Crippen LogP contribution in [0.25, 0.3) is 0 Å². The molecule has 0 amide bonds. The molecule has 2 rings (SSSR count). The van der Waals surface area contributed by atoms with Crippen molar-refractivity contribution in [2.75, 3.05) is 13.1 Å². The fourth-order valence-corrected chi connectivity index (χ4v) is 2.91. The van der Waals surface area contributed by atoms with E-state index in [0.29, 0.717) is 6.04 Å². The molecule has 0 spiro atoms. The van der Waals surface area contributed by atoms with E-state index in [0.717, 1.165) is 18.4 Å². The van der Waals surface area contributed by atoms with Crippen molar-refractivity contribution in [2.24, 2.45) is 17.6 Å². The molecule has 1 saturated heterocycles. The van der Waals surface area contributed by atoms with Crippen LogP contribution in [-0.2, 0) is 0 Å². The van der Waals surface area contributed by atoms with Crippen LogP contribution in [0.5, 0.6) is 0 Å². The standard InChI is InChI=1S/C11H22N2/c12-11(10-6-7-13-8-10)9-4-2-1-3-5-9/h9-11,13H,1-8,12H2. The molecule has 2 atom stereocenters. The smallest absolute Gasteiger partial charge is 0.0108 e. The largest absolute Gasteiger partial charge is 0.327 e. The van der Waals surface area contributed by atoms with Gasteiger partial charge in [0.05, 0.1) is 0 Å². The van der Waals surface area contributed by atoms with E-state index in [1.807, 2.05) is 0 Å². The van der Waals surface area contributed by atoms with Crippen LogP contribution in [0, 0.1) is 11.8 Å². The van der Waals surface area contributed by atoms with Crippen molar-refractivity contribution in [3.8, 4) is 0 Å². The molecule has 0 aromatic carbocycles. The molecular formula is C11H22N2. The first-order valence-corrected chi connectivity index (χ1v) is 5.84. The Morgan fingerprint density at radius 2 is 1.77 bits per heavy atom. The lowest BCUT2D eigenvalue weighted by atomic mass is 9.79. The maximum atomic E-state index is 6.31. The molecule has 1 saturated carbocycles. The monoisotopic (exact) mass is 182 g/mol. The van der Waals surface area contributed by atoms with Gasteiger partial charge in [-0.2, -0.15) is 0 Å². The maximum Gasteiger partial charge on any atom is 0.0108 e. The van der Waals surface area contributed by atoms with Crippen LogP contribution in [0.1, 0.15) is 38.5 Å². The summed E-state index contributed by atoms with van der Waals surface area (Å²) < 4.78 is 0. The SMILES string of the molecule is NC(C1CCCCC1)C1CCNC1. The first-order valence-electron chi connectivity index (χ1n) is 5.84. The van der Waals surface area contributed by atoms with Crippen molar-refractivity contribution in [2.45, 2.75) is 44.6 Å². The Labute approximate surface area is 81.3 Å². The first-order chi connectivity index (χ1) is 6.38. The second-order valence-electron chi connectivity index (χ2n) is 4.73. The van der Waals surface area contributed by atoms with Gasteiger partial charge in [0.2, 0.25) is 0 Å². The molecule has 0 aromatic heterocycles. The van der Waals surface area contributed by atoms with Crippen LogP contribution in [0.2, 0.25) is 0 Å². The van der Waals surface area contributed by atoms with Gasteiger partial charge in [-0.15, -0.1) is 0 Å². The molecule has 1 aliphatic heterocycles. The molecule has 0 bridgehead atoms. The van der Waals surface area contributed by atoms with Gasteiger partial charge in [0.15, 0.2) is 0 Å². The summed E-state index contributed by atoms with van der Waals surface area (Å²) >= 11 is 0. The summed E-state index contributed by atoms with van der Waals surface area (Å²) in [6, 6.07) is 0.482. The van der Waals surface area contributed by atoms with Gasteiger partial charge in [-0.1, -0.05) is 19.3 Å².